The first kappa shape index (κ1) is 12.4. The van der Waals surface area contributed by atoms with Crippen LogP contribution >= 0.6 is 0 Å². The number of fused-ring (bicyclic) bond motifs is 1. The predicted molar refractivity (Wildman–Crippen MR) is 73.6 cm³/mol. The Morgan fingerprint density at radius 2 is 2.21 bits per heavy atom. The molecule has 19 heavy (non-hydrogen) atoms. The topological polar surface area (TPSA) is 33.4 Å². The number of anilines is 1. The summed E-state index contributed by atoms with van der Waals surface area (Å²) in [4.78, 5) is 6.72. The molecule has 1 unspecified atom stereocenters. The van der Waals surface area contributed by atoms with Crippen LogP contribution in [0.3, 0.4) is 0 Å². The van der Waals surface area contributed by atoms with Crippen molar-refractivity contribution in [3.8, 4) is 0 Å². The Balaban J connectivity index is 2.18. The molecule has 0 aliphatic carbocycles. The van der Waals surface area contributed by atoms with Crippen LogP contribution < -0.4 is 4.90 Å². The van der Waals surface area contributed by atoms with Gasteiger partial charge in [0, 0.05) is 23.9 Å². The maximum absolute atomic E-state index is 13.4. The summed E-state index contributed by atoms with van der Waals surface area (Å²) in [5.74, 6) is 0.971. The van der Waals surface area contributed by atoms with E-state index in [0.717, 1.165) is 41.4 Å². The molecule has 3 rings (SSSR count). The third-order valence-corrected chi connectivity index (χ3v) is 3.91. The van der Waals surface area contributed by atoms with Gasteiger partial charge in [0.2, 0.25) is 0 Å². The summed E-state index contributed by atoms with van der Waals surface area (Å²) in [6.07, 6.45) is 0.746. The number of hydrogen-bond acceptors (Lipinski definition) is 3. The van der Waals surface area contributed by atoms with Crippen molar-refractivity contribution in [1.29, 1.82) is 0 Å². The normalized spacial score (nSPS) is 19.6. The summed E-state index contributed by atoms with van der Waals surface area (Å²) in [5.41, 5.74) is 4.02. The first-order chi connectivity index (χ1) is 9.10. The highest BCUT2D eigenvalue weighted by Crippen LogP contribution is 2.25. The molecule has 0 spiro atoms. The SMILES string of the molecule is CCc1cc(N2CCC(F)C2)n2nc(C)c(C)c2n1. The van der Waals surface area contributed by atoms with E-state index in [4.69, 9.17) is 0 Å². The highest BCUT2D eigenvalue weighted by molar-refractivity contribution is 5.57. The van der Waals surface area contributed by atoms with Crippen LogP contribution in [0.5, 0.6) is 0 Å². The fourth-order valence-electron chi connectivity index (χ4n) is 2.59. The zero-order chi connectivity index (χ0) is 13.6. The molecule has 4 nitrogen and oxygen atoms in total. The third kappa shape index (κ3) is 1.97. The molecule has 1 atom stereocenters. The molecular weight excluding hydrogens is 243 g/mol. The second kappa shape index (κ2) is 4.47. The molecule has 1 aliphatic heterocycles. The van der Waals surface area contributed by atoms with E-state index in [9.17, 15) is 4.39 Å². The second-order valence-corrected chi connectivity index (χ2v) is 5.24. The number of hydrogen-bond donors (Lipinski definition) is 0. The van der Waals surface area contributed by atoms with E-state index < -0.39 is 6.17 Å². The molecule has 2 aromatic rings. The Hall–Kier alpha value is -1.65. The maximum Gasteiger partial charge on any atom is 0.160 e. The minimum Gasteiger partial charge on any atom is -0.353 e. The molecule has 1 aliphatic rings. The number of aryl methyl sites for hydroxylation is 3. The molecule has 1 fully saturated rings. The lowest BCUT2D eigenvalue weighted by molar-refractivity contribution is 0.364. The van der Waals surface area contributed by atoms with E-state index >= 15 is 0 Å². The molecule has 102 valence electrons. The van der Waals surface area contributed by atoms with Gasteiger partial charge >= 0.3 is 0 Å². The third-order valence-electron chi connectivity index (χ3n) is 3.91. The lowest BCUT2D eigenvalue weighted by Gasteiger charge is -2.19. The number of halogens is 1. The molecule has 1 saturated heterocycles. The van der Waals surface area contributed by atoms with Gasteiger partial charge in [0.15, 0.2) is 5.65 Å². The van der Waals surface area contributed by atoms with Crippen molar-refractivity contribution in [3.63, 3.8) is 0 Å². The van der Waals surface area contributed by atoms with Gasteiger partial charge in [-0.3, -0.25) is 0 Å². The smallest absolute Gasteiger partial charge is 0.160 e. The van der Waals surface area contributed by atoms with Crippen LogP contribution in [0.1, 0.15) is 30.3 Å². The van der Waals surface area contributed by atoms with Gasteiger partial charge in [-0.25, -0.2) is 9.37 Å². The number of alkyl halides is 1. The Morgan fingerprint density at radius 3 is 2.84 bits per heavy atom. The zero-order valence-corrected chi connectivity index (χ0v) is 11.6. The number of rotatable bonds is 2. The average molecular weight is 262 g/mol. The summed E-state index contributed by atoms with van der Waals surface area (Å²) >= 11 is 0. The molecule has 2 aromatic heterocycles. The van der Waals surface area contributed by atoms with Gasteiger partial charge < -0.3 is 4.90 Å². The van der Waals surface area contributed by atoms with Crippen molar-refractivity contribution >= 4 is 11.5 Å². The largest absolute Gasteiger partial charge is 0.353 e. The monoisotopic (exact) mass is 262 g/mol. The Labute approximate surface area is 112 Å². The lowest BCUT2D eigenvalue weighted by Crippen LogP contribution is -2.23. The van der Waals surface area contributed by atoms with Crippen LogP contribution in [0.15, 0.2) is 6.07 Å². The summed E-state index contributed by atoms with van der Waals surface area (Å²) in [6.45, 7) is 7.32. The fourth-order valence-corrected chi connectivity index (χ4v) is 2.59. The summed E-state index contributed by atoms with van der Waals surface area (Å²) in [7, 11) is 0. The predicted octanol–water partition coefficient (Wildman–Crippen LogP) is 2.46. The molecule has 0 N–H and O–H groups in total. The maximum atomic E-state index is 13.4. The Kier molecular flexibility index (Phi) is 2.92. The van der Waals surface area contributed by atoms with Crippen molar-refractivity contribution in [1.82, 2.24) is 14.6 Å². The van der Waals surface area contributed by atoms with E-state index in [1.165, 1.54) is 0 Å². The fraction of sp³-hybridized carbons (Fsp3) is 0.571. The number of aromatic nitrogens is 3. The van der Waals surface area contributed by atoms with E-state index in [1.807, 2.05) is 24.4 Å². The lowest BCUT2D eigenvalue weighted by atomic mass is 10.2. The Morgan fingerprint density at radius 1 is 1.42 bits per heavy atom. The minimum absolute atomic E-state index is 0.459. The van der Waals surface area contributed by atoms with Gasteiger partial charge in [-0.05, 0) is 26.7 Å². The molecule has 0 bridgehead atoms. The van der Waals surface area contributed by atoms with Crippen molar-refractivity contribution in [2.24, 2.45) is 0 Å². The van der Waals surface area contributed by atoms with E-state index in [1.54, 1.807) is 0 Å². The van der Waals surface area contributed by atoms with Crippen molar-refractivity contribution in [2.75, 3.05) is 18.0 Å². The molecule has 0 saturated carbocycles. The summed E-state index contributed by atoms with van der Waals surface area (Å²) < 4.78 is 15.3. The molecule has 0 amide bonds. The van der Waals surface area contributed by atoms with Crippen molar-refractivity contribution < 1.29 is 4.39 Å². The van der Waals surface area contributed by atoms with E-state index in [2.05, 4.69) is 21.9 Å². The summed E-state index contributed by atoms with van der Waals surface area (Å²) in [5, 5.41) is 4.55. The van der Waals surface area contributed by atoms with Crippen LogP contribution in [-0.4, -0.2) is 33.9 Å². The van der Waals surface area contributed by atoms with E-state index in [0.29, 0.717) is 13.0 Å². The average Bonchev–Trinajstić information content (AvgIpc) is 2.95. The highest BCUT2D eigenvalue weighted by Gasteiger charge is 2.25. The van der Waals surface area contributed by atoms with Crippen LogP contribution in [0, 0.1) is 13.8 Å². The first-order valence-corrected chi connectivity index (χ1v) is 6.85. The van der Waals surface area contributed by atoms with Gasteiger partial charge in [-0.15, -0.1) is 0 Å². The van der Waals surface area contributed by atoms with Gasteiger partial charge in [0.1, 0.15) is 12.0 Å². The van der Waals surface area contributed by atoms with E-state index in [-0.39, 0.29) is 0 Å². The van der Waals surface area contributed by atoms with Crippen LogP contribution in [0.25, 0.3) is 5.65 Å². The molecule has 0 radical (unpaired) electrons. The van der Waals surface area contributed by atoms with Gasteiger partial charge in [0.25, 0.3) is 0 Å². The minimum atomic E-state index is -0.731. The summed E-state index contributed by atoms with van der Waals surface area (Å²) in [6, 6.07) is 2.04. The molecule has 0 aromatic carbocycles. The molecule has 5 heteroatoms. The Bertz CT molecular complexity index is 619. The zero-order valence-electron chi connectivity index (χ0n) is 11.6. The standard InChI is InChI=1S/C14H19FN4/c1-4-12-7-13(18-6-5-11(15)8-18)19-14(16-12)9(2)10(3)17-19/h7,11H,4-6,8H2,1-3H3. The van der Waals surface area contributed by atoms with Gasteiger partial charge in [-0.1, -0.05) is 6.92 Å². The number of nitrogens with zero attached hydrogens (tertiary/aromatic N) is 4. The van der Waals surface area contributed by atoms with Crippen LogP contribution in [0.4, 0.5) is 10.2 Å². The molecule has 3 heterocycles. The second-order valence-electron chi connectivity index (χ2n) is 5.24. The van der Waals surface area contributed by atoms with Crippen molar-refractivity contribution in [2.45, 2.75) is 39.8 Å². The van der Waals surface area contributed by atoms with Crippen LogP contribution in [-0.2, 0) is 6.42 Å². The van der Waals surface area contributed by atoms with Crippen molar-refractivity contribution in [3.05, 3.63) is 23.0 Å². The van der Waals surface area contributed by atoms with Gasteiger partial charge in [0.05, 0.1) is 12.2 Å². The molecular formula is C14H19FN4. The highest BCUT2D eigenvalue weighted by atomic mass is 19.1. The first-order valence-electron chi connectivity index (χ1n) is 6.85. The quantitative estimate of drug-likeness (QED) is 0.833. The van der Waals surface area contributed by atoms with Crippen LogP contribution in [0.2, 0.25) is 0 Å². The van der Waals surface area contributed by atoms with Gasteiger partial charge in [-0.2, -0.15) is 9.61 Å².